The molecule has 0 bridgehead atoms. The van der Waals surface area contributed by atoms with Crippen LogP contribution in [0, 0.1) is 6.92 Å². The highest BCUT2D eigenvalue weighted by Gasteiger charge is 2.35. The van der Waals surface area contributed by atoms with Crippen LogP contribution in [0.15, 0.2) is 47.8 Å². The van der Waals surface area contributed by atoms with Gasteiger partial charge in [-0.1, -0.05) is 30.3 Å². The second-order valence-corrected chi connectivity index (χ2v) is 11.8. The Morgan fingerprint density at radius 2 is 2.08 bits per heavy atom. The summed E-state index contributed by atoms with van der Waals surface area (Å²) in [5.74, 6) is 0.131. The number of esters is 1. The Morgan fingerprint density at radius 3 is 2.79 bits per heavy atom. The van der Waals surface area contributed by atoms with E-state index in [4.69, 9.17) is 9.47 Å². The van der Waals surface area contributed by atoms with Gasteiger partial charge in [0.05, 0.1) is 31.5 Å². The Hall–Kier alpha value is -2.99. The molecule has 0 spiro atoms. The molecule has 0 fully saturated rings. The molecule has 1 unspecified atom stereocenters. The van der Waals surface area contributed by atoms with Gasteiger partial charge < -0.3 is 9.47 Å². The number of hydrogen-bond donors (Lipinski definition) is 2. The number of ether oxygens (including phenoxy) is 2. The average Bonchev–Trinajstić information content (AvgIpc) is 3.35. The van der Waals surface area contributed by atoms with Gasteiger partial charge in [-0.05, 0) is 62.6 Å². The van der Waals surface area contributed by atoms with Crippen LogP contribution in [0.1, 0.15) is 68.3 Å². The molecular formula is C28H39N5O5S. The fourth-order valence-corrected chi connectivity index (χ4v) is 6.33. The first-order valence-electron chi connectivity index (χ1n) is 13.5. The van der Waals surface area contributed by atoms with Crippen molar-refractivity contribution in [2.45, 2.75) is 83.4 Å². The lowest BCUT2D eigenvalue weighted by Gasteiger charge is -2.41. The van der Waals surface area contributed by atoms with Crippen molar-refractivity contribution in [2.75, 3.05) is 13.2 Å². The van der Waals surface area contributed by atoms with E-state index in [1.54, 1.807) is 28.2 Å². The van der Waals surface area contributed by atoms with Crippen molar-refractivity contribution in [1.82, 2.24) is 24.3 Å². The lowest BCUT2D eigenvalue weighted by atomic mass is 9.88. The van der Waals surface area contributed by atoms with E-state index in [9.17, 15) is 13.9 Å². The highest BCUT2D eigenvalue weighted by Crippen LogP contribution is 2.57. The molecule has 3 heterocycles. The SMILES string of the molecule is CCOC(=O)CC(CCc1cn(CC)nn1)c1ccc(C)c(CN2C[C@@H](CC)Oc3ccncc3S2(O)O)c1. The minimum absolute atomic E-state index is 0.0867. The summed E-state index contributed by atoms with van der Waals surface area (Å²) >= 11 is 0. The van der Waals surface area contributed by atoms with Gasteiger partial charge in [-0.3, -0.25) is 23.6 Å². The van der Waals surface area contributed by atoms with Crippen LogP contribution in [0.3, 0.4) is 0 Å². The first-order valence-corrected chi connectivity index (χ1v) is 15.0. The standard InChI is InChI=1S/C28H39N5O5S/c1-5-25-19-33(39(35,36)27-16-29-13-12-26(27)38-25)17-23-14-21(9-8-20(23)4)22(15-28(34)37-7-3)10-11-24-18-32(6-2)31-30-24/h8-9,12-14,16,18,22,25,35-36H,5-7,10-11,15,17,19H2,1-4H3/t22?,25-/m1/s1. The summed E-state index contributed by atoms with van der Waals surface area (Å²) in [5, 5.41) is 8.38. The lowest BCUT2D eigenvalue weighted by molar-refractivity contribution is -0.143. The highest BCUT2D eigenvalue weighted by molar-refractivity contribution is 8.22. The van der Waals surface area contributed by atoms with E-state index in [1.165, 1.54) is 6.20 Å². The summed E-state index contributed by atoms with van der Waals surface area (Å²) in [6, 6.07) is 7.83. The van der Waals surface area contributed by atoms with Crippen molar-refractivity contribution < 1.29 is 23.4 Å². The Kier molecular flexibility index (Phi) is 9.60. The van der Waals surface area contributed by atoms with Crippen LogP contribution in [0.5, 0.6) is 5.75 Å². The molecule has 2 atom stereocenters. The van der Waals surface area contributed by atoms with E-state index >= 15 is 0 Å². The zero-order valence-corrected chi connectivity index (χ0v) is 23.9. The molecule has 1 aliphatic rings. The van der Waals surface area contributed by atoms with Crippen molar-refractivity contribution in [3.8, 4) is 5.75 Å². The zero-order valence-electron chi connectivity index (χ0n) is 23.1. The second kappa shape index (κ2) is 12.9. The Morgan fingerprint density at radius 1 is 1.26 bits per heavy atom. The zero-order chi connectivity index (χ0) is 28.0. The number of aromatic nitrogens is 4. The fourth-order valence-electron chi connectivity index (χ4n) is 4.77. The first kappa shape index (κ1) is 29.0. The van der Waals surface area contributed by atoms with Crippen LogP contribution in [0.4, 0.5) is 0 Å². The maximum absolute atomic E-state index is 12.5. The van der Waals surface area contributed by atoms with Crippen molar-refractivity contribution in [3.05, 3.63) is 65.2 Å². The molecule has 0 radical (unpaired) electrons. The first-order chi connectivity index (χ1) is 18.7. The number of carbonyl (C=O) groups is 1. The van der Waals surface area contributed by atoms with Crippen molar-refractivity contribution in [1.29, 1.82) is 0 Å². The van der Waals surface area contributed by atoms with Gasteiger partial charge >= 0.3 is 5.97 Å². The maximum Gasteiger partial charge on any atom is 0.306 e. The molecular weight excluding hydrogens is 518 g/mol. The molecule has 0 saturated carbocycles. The van der Waals surface area contributed by atoms with Gasteiger partial charge in [0.15, 0.2) is 0 Å². The Balaban J connectivity index is 1.61. The molecule has 11 heteroatoms. The highest BCUT2D eigenvalue weighted by atomic mass is 32.3. The Bertz CT molecular complexity index is 1270. The third-order valence-corrected chi connectivity index (χ3v) is 9.02. The molecule has 1 aromatic carbocycles. The van der Waals surface area contributed by atoms with Crippen molar-refractivity contribution in [2.24, 2.45) is 0 Å². The number of carbonyl (C=O) groups excluding carboxylic acids is 1. The maximum atomic E-state index is 12.5. The number of benzene rings is 1. The van der Waals surface area contributed by atoms with Gasteiger partial charge in [-0.15, -0.1) is 15.9 Å². The monoisotopic (exact) mass is 557 g/mol. The lowest BCUT2D eigenvalue weighted by Crippen LogP contribution is -2.34. The quantitative estimate of drug-likeness (QED) is 0.300. The smallest absolute Gasteiger partial charge is 0.306 e. The van der Waals surface area contributed by atoms with Gasteiger partial charge in [0.25, 0.3) is 0 Å². The largest absolute Gasteiger partial charge is 0.487 e. The van der Waals surface area contributed by atoms with E-state index in [2.05, 4.69) is 21.4 Å². The summed E-state index contributed by atoms with van der Waals surface area (Å²) < 4.78 is 37.7. The van der Waals surface area contributed by atoms with Crippen LogP contribution in [0.25, 0.3) is 0 Å². The number of pyridine rings is 1. The van der Waals surface area contributed by atoms with E-state index in [0.29, 0.717) is 43.2 Å². The van der Waals surface area contributed by atoms with Gasteiger partial charge in [0.1, 0.15) is 16.7 Å². The van der Waals surface area contributed by atoms with E-state index in [-0.39, 0.29) is 24.4 Å². The summed E-state index contributed by atoms with van der Waals surface area (Å²) in [6.07, 6.45) is 7.16. The van der Waals surface area contributed by atoms with Crippen LogP contribution in [-0.4, -0.2) is 58.6 Å². The van der Waals surface area contributed by atoms with E-state index in [1.807, 2.05) is 39.1 Å². The minimum atomic E-state index is -3.33. The van der Waals surface area contributed by atoms with Gasteiger partial charge in [0, 0.05) is 31.5 Å². The average molecular weight is 558 g/mol. The number of hydrogen-bond acceptors (Lipinski definition) is 9. The molecule has 0 saturated heterocycles. The minimum Gasteiger partial charge on any atom is -0.487 e. The third kappa shape index (κ3) is 6.96. The molecule has 212 valence electrons. The van der Waals surface area contributed by atoms with Gasteiger partial charge in [0.2, 0.25) is 0 Å². The predicted octanol–water partition coefficient (Wildman–Crippen LogP) is 5.37. The summed E-state index contributed by atoms with van der Waals surface area (Å²) in [5.41, 5.74) is 3.87. The van der Waals surface area contributed by atoms with Crippen molar-refractivity contribution in [3.63, 3.8) is 0 Å². The predicted molar refractivity (Wildman–Crippen MR) is 150 cm³/mol. The second-order valence-electron chi connectivity index (χ2n) is 9.81. The van der Waals surface area contributed by atoms with Crippen LogP contribution >= 0.6 is 10.8 Å². The number of rotatable bonds is 11. The van der Waals surface area contributed by atoms with E-state index in [0.717, 1.165) is 35.3 Å². The fraction of sp³-hybridized carbons (Fsp3) is 0.500. The number of nitrogens with zero attached hydrogens (tertiary/aromatic N) is 5. The van der Waals surface area contributed by atoms with Crippen LogP contribution in [0.2, 0.25) is 0 Å². The summed E-state index contributed by atoms with van der Waals surface area (Å²) in [4.78, 5) is 16.9. The molecule has 3 aromatic rings. The summed E-state index contributed by atoms with van der Waals surface area (Å²) in [6.45, 7) is 9.60. The molecule has 1 aliphatic heterocycles. The number of aryl methyl sites for hydroxylation is 3. The third-order valence-electron chi connectivity index (χ3n) is 7.13. The summed E-state index contributed by atoms with van der Waals surface area (Å²) in [7, 11) is -3.33. The van der Waals surface area contributed by atoms with Crippen LogP contribution in [-0.2, 0) is 29.0 Å². The molecule has 39 heavy (non-hydrogen) atoms. The molecule has 2 aromatic heterocycles. The molecule has 10 nitrogen and oxygen atoms in total. The van der Waals surface area contributed by atoms with Gasteiger partial charge in [-0.25, -0.2) is 0 Å². The Labute approximate surface area is 231 Å². The van der Waals surface area contributed by atoms with Crippen LogP contribution < -0.4 is 4.74 Å². The normalized spacial score (nSPS) is 18.5. The van der Waals surface area contributed by atoms with Crippen molar-refractivity contribution >= 4 is 16.7 Å². The molecule has 0 aliphatic carbocycles. The number of fused-ring (bicyclic) bond motifs is 1. The molecule has 2 N–H and O–H groups in total. The topological polar surface area (TPSA) is 123 Å². The van der Waals surface area contributed by atoms with E-state index < -0.39 is 10.8 Å². The van der Waals surface area contributed by atoms with Gasteiger partial charge in [-0.2, -0.15) is 4.31 Å². The molecule has 4 rings (SSSR count). The molecule has 0 amide bonds.